The van der Waals surface area contributed by atoms with Crippen LogP contribution in [-0.4, -0.2) is 33.7 Å². The summed E-state index contributed by atoms with van der Waals surface area (Å²) < 4.78 is 0. The van der Waals surface area contributed by atoms with Crippen LogP contribution >= 0.6 is 0 Å². The zero-order valence-corrected chi connectivity index (χ0v) is 12.4. The fourth-order valence-corrected chi connectivity index (χ4v) is 2.02. The lowest BCUT2D eigenvalue weighted by Gasteiger charge is -2.09. The first-order valence-electron chi connectivity index (χ1n) is 7.09. The van der Waals surface area contributed by atoms with E-state index in [1.165, 1.54) is 0 Å². The Morgan fingerprint density at radius 3 is 2.95 bits per heavy atom. The lowest BCUT2D eigenvalue weighted by atomic mass is 10.1. The average Bonchev–Trinajstić information content (AvgIpc) is 2.92. The van der Waals surface area contributed by atoms with E-state index in [4.69, 9.17) is 0 Å². The minimum absolute atomic E-state index is 0.0668. The van der Waals surface area contributed by atoms with Crippen molar-refractivity contribution in [2.24, 2.45) is 0 Å². The van der Waals surface area contributed by atoms with Gasteiger partial charge >= 0.3 is 0 Å². The van der Waals surface area contributed by atoms with Gasteiger partial charge in [-0.25, -0.2) is 0 Å². The highest BCUT2D eigenvalue weighted by Gasteiger charge is 2.08. The molecule has 0 saturated heterocycles. The number of rotatable bonds is 7. The first-order valence-corrected chi connectivity index (χ1v) is 7.09. The van der Waals surface area contributed by atoms with Gasteiger partial charge in [0.25, 0.3) is 0 Å². The molecule has 0 fully saturated rings. The molecule has 0 aliphatic rings. The molecule has 2 aromatic heterocycles. The van der Waals surface area contributed by atoms with E-state index in [1.807, 2.05) is 26.0 Å². The third-order valence-corrected chi connectivity index (χ3v) is 2.96. The number of hydrogen-bond donors (Lipinski definition) is 3. The van der Waals surface area contributed by atoms with E-state index in [0.717, 1.165) is 16.8 Å². The number of nitrogens with zero attached hydrogens (tertiary/aromatic N) is 2. The second-order valence-electron chi connectivity index (χ2n) is 5.16. The number of amides is 1. The Bertz CT molecular complexity index is 564. The van der Waals surface area contributed by atoms with Crippen LogP contribution in [0.25, 0.3) is 11.3 Å². The number of nitrogens with one attached hydrogen (secondary N) is 3. The van der Waals surface area contributed by atoms with Crippen LogP contribution < -0.4 is 10.6 Å². The van der Waals surface area contributed by atoms with Crippen molar-refractivity contribution in [1.82, 2.24) is 25.8 Å². The van der Waals surface area contributed by atoms with Crippen LogP contribution in [-0.2, 0) is 11.3 Å². The van der Waals surface area contributed by atoms with Crippen LogP contribution in [0.15, 0.2) is 30.7 Å². The number of hydrogen-bond acceptors (Lipinski definition) is 4. The Morgan fingerprint density at radius 2 is 2.24 bits per heavy atom. The highest BCUT2D eigenvalue weighted by atomic mass is 16.1. The van der Waals surface area contributed by atoms with Gasteiger partial charge in [0.05, 0.1) is 11.9 Å². The summed E-state index contributed by atoms with van der Waals surface area (Å²) in [5.74, 6) is 0.0668. The zero-order chi connectivity index (χ0) is 15.1. The first kappa shape index (κ1) is 15.2. The molecule has 3 N–H and O–H groups in total. The Labute approximate surface area is 124 Å². The Hall–Kier alpha value is -2.21. The second-order valence-corrected chi connectivity index (χ2v) is 5.16. The molecule has 0 saturated carbocycles. The van der Waals surface area contributed by atoms with Crippen LogP contribution in [0.5, 0.6) is 0 Å². The van der Waals surface area contributed by atoms with Gasteiger partial charge in [0.1, 0.15) is 0 Å². The number of carbonyl (C=O) groups is 1. The molecule has 0 aliphatic carbocycles. The summed E-state index contributed by atoms with van der Waals surface area (Å²) in [6.07, 6.45) is 5.81. The minimum atomic E-state index is 0.0668. The summed E-state index contributed by atoms with van der Waals surface area (Å²) in [6.45, 7) is 5.21. The summed E-state index contributed by atoms with van der Waals surface area (Å²) in [5.41, 5.74) is 3.03. The molecule has 0 atom stereocenters. The van der Waals surface area contributed by atoms with Gasteiger partial charge in [-0.15, -0.1) is 0 Å². The predicted molar refractivity (Wildman–Crippen MR) is 81.4 cm³/mol. The Balaban J connectivity index is 1.82. The molecule has 2 aromatic rings. The van der Waals surface area contributed by atoms with Crippen LogP contribution in [0.4, 0.5) is 0 Å². The zero-order valence-electron chi connectivity index (χ0n) is 12.4. The molecule has 2 rings (SSSR count). The molecule has 0 aliphatic heterocycles. The molecule has 0 unspecified atom stereocenters. The Morgan fingerprint density at radius 1 is 1.38 bits per heavy atom. The van der Waals surface area contributed by atoms with E-state index < -0.39 is 0 Å². The molecule has 21 heavy (non-hydrogen) atoms. The van der Waals surface area contributed by atoms with Crippen molar-refractivity contribution < 1.29 is 4.79 Å². The Kier molecular flexibility index (Phi) is 5.45. The number of aromatic amines is 1. The maximum absolute atomic E-state index is 11.5. The van der Waals surface area contributed by atoms with Gasteiger partial charge in [-0.2, -0.15) is 5.10 Å². The highest BCUT2D eigenvalue weighted by molar-refractivity contribution is 5.76. The summed E-state index contributed by atoms with van der Waals surface area (Å²) in [4.78, 5) is 15.6. The third kappa shape index (κ3) is 4.68. The molecule has 0 bridgehead atoms. The van der Waals surface area contributed by atoms with Crippen molar-refractivity contribution in [3.05, 3.63) is 36.3 Å². The molecule has 1 amide bonds. The largest absolute Gasteiger partial charge is 0.354 e. The average molecular weight is 287 g/mol. The standard InChI is InChI=1S/C15H21N5O/c1-11(2)19-14(21)5-7-17-9-13-10-18-20-15(13)12-4-3-6-16-8-12/h3-4,6,8,10-11,17H,5,7,9H2,1-2H3,(H,18,20)(H,19,21). The SMILES string of the molecule is CC(C)NC(=O)CCNCc1cn[nH]c1-c1cccnc1. The number of pyridine rings is 1. The van der Waals surface area contributed by atoms with Gasteiger partial charge in [-0.3, -0.25) is 14.9 Å². The molecule has 0 spiro atoms. The minimum Gasteiger partial charge on any atom is -0.354 e. The molecular formula is C15H21N5O. The van der Waals surface area contributed by atoms with Gasteiger partial charge in [-0.05, 0) is 26.0 Å². The van der Waals surface area contributed by atoms with E-state index in [1.54, 1.807) is 18.6 Å². The fourth-order valence-electron chi connectivity index (χ4n) is 2.02. The number of aromatic nitrogens is 3. The van der Waals surface area contributed by atoms with Crippen molar-refractivity contribution in [2.75, 3.05) is 6.54 Å². The maximum atomic E-state index is 11.5. The van der Waals surface area contributed by atoms with Crippen LogP contribution in [0.3, 0.4) is 0 Å². The predicted octanol–water partition coefficient (Wildman–Crippen LogP) is 1.48. The monoisotopic (exact) mass is 287 g/mol. The van der Waals surface area contributed by atoms with Crippen molar-refractivity contribution >= 4 is 5.91 Å². The van der Waals surface area contributed by atoms with Crippen LogP contribution in [0.1, 0.15) is 25.8 Å². The molecule has 2 heterocycles. The molecule has 0 aromatic carbocycles. The van der Waals surface area contributed by atoms with Gasteiger partial charge in [-0.1, -0.05) is 0 Å². The lowest BCUT2D eigenvalue weighted by Crippen LogP contribution is -2.32. The molecule has 0 radical (unpaired) electrons. The smallest absolute Gasteiger partial charge is 0.221 e. The molecular weight excluding hydrogens is 266 g/mol. The normalized spacial score (nSPS) is 10.8. The third-order valence-electron chi connectivity index (χ3n) is 2.96. The van der Waals surface area contributed by atoms with Gasteiger partial charge in [0.2, 0.25) is 5.91 Å². The lowest BCUT2D eigenvalue weighted by molar-refractivity contribution is -0.121. The van der Waals surface area contributed by atoms with E-state index in [2.05, 4.69) is 25.8 Å². The molecule has 6 nitrogen and oxygen atoms in total. The van der Waals surface area contributed by atoms with E-state index >= 15 is 0 Å². The second kappa shape index (κ2) is 7.54. The summed E-state index contributed by atoms with van der Waals surface area (Å²) >= 11 is 0. The van der Waals surface area contributed by atoms with Crippen molar-refractivity contribution in [3.8, 4) is 11.3 Å². The number of carbonyl (C=O) groups excluding carboxylic acids is 1. The van der Waals surface area contributed by atoms with E-state index in [0.29, 0.717) is 19.5 Å². The van der Waals surface area contributed by atoms with Gasteiger partial charge < -0.3 is 10.6 Å². The van der Waals surface area contributed by atoms with Gasteiger partial charge in [0.15, 0.2) is 0 Å². The summed E-state index contributed by atoms with van der Waals surface area (Å²) in [5, 5.41) is 13.2. The summed E-state index contributed by atoms with van der Waals surface area (Å²) in [7, 11) is 0. The summed E-state index contributed by atoms with van der Waals surface area (Å²) in [6, 6.07) is 4.06. The van der Waals surface area contributed by atoms with Crippen LogP contribution in [0.2, 0.25) is 0 Å². The maximum Gasteiger partial charge on any atom is 0.221 e. The topological polar surface area (TPSA) is 82.7 Å². The van der Waals surface area contributed by atoms with E-state index in [9.17, 15) is 4.79 Å². The van der Waals surface area contributed by atoms with Crippen molar-refractivity contribution in [3.63, 3.8) is 0 Å². The van der Waals surface area contributed by atoms with E-state index in [-0.39, 0.29) is 11.9 Å². The first-order chi connectivity index (χ1) is 10.2. The highest BCUT2D eigenvalue weighted by Crippen LogP contribution is 2.19. The van der Waals surface area contributed by atoms with Crippen molar-refractivity contribution in [1.29, 1.82) is 0 Å². The quantitative estimate of drug-likeness (QED) is 0.674. The molecule has 112 valence electrons. The van der Waals surface area contributed by atoms with Crippen LogP contribution in [0, 0.1) is 0 Å². The molecule has 6 heteroatoms. The fraction of sp³-hybridized carbons (Fsp3) is 0.400. The van der Waals surface area contributed by atoms with Gasteiger partial charge in [0, 0.05) is 49.1 Å². The number of H-pyrrole nitrogens is 1. The van der Waals surface area contributed by atoms with Crippen molar-refractivity contribution in [2.45, 2.75) is 32.9 Å².